The summed E-state index contributed by atoms with van der Waals surface area (Å²) in [6, 6.07) is 4.46. The van der Waals surface area contributed by atoms with Crippen molar-refractivity contribution in [1.82, 2.24) is 5.32 Å². The maximum atomic E-state index is 12.5. The maximum absolute atomic E-state index is 12.5. The van der Waals surface area contributed by atoms with E-state index in [4.69, 9.17) is 12.2 Å². The predicted octanol–water partition coefficient (Wildman–Crippen LogP) is 4.76. The summed E-state index contributed by atoms with van der Waals surface area (Å²) in [5.74, 6) is -0.196. The Labute approximate surface area is 150 Å². The lowest BCUT2D eigenvalue weighted by Gasteiger charge is -2.11. The summed E-state index contributed by atoms with van der Waals surface area (Å²) in [7, 11) is 0. The number of carbonyl (C=O) groups is 1. The third-order valence-corrected chi connectivity index (χ3v) is 4.62. The molecule has 2 atom stereocenters. The van der Waals surface area contributed by atoms with Crippen LogP contribution in [-0.2, 0) is 11.0 Å². The summed E-state index contributed by atoms with van der Waals surface area (Å²) >= 11 is 5.09. The van der Waals surface area contributed by atoms with Gasteiger partial charge in [0.1, 0.15) is 0 Å². The number of benzene rings is 1. The van der Waals surface area contributed by atoms with E-state index in [-0.39, 0.29) is 28.3 Å². The molecule has 1 saturated carbocycles. The van der Waals surface area contributed by atoms with Crippen LogP contribution in [0.1, 0.15) is 33.3 Å². The number of amides is 1. The molecule has 3 nitrogen and oxygen atoms in total. The van der Waals surface area contributed by atoms with Gasteiger partial charge in [0, 0.05) is 5.69 Å². The minimum Gasteiger partial charge on any atom is -0.332 e. The number of thiocarbonyl (C=S) groups is 1. The maximum Gasteiger partial charge on any atom is 0.416 e. The molecule has 25 heavy (non-hydrogen) atoms. The van der Waals surface area contributed by atoms with Crippen molar-refractivity contribution in [1.29, 1.82) is 0 Å². The molecule has 0 aromatic heterocycles. The van der Waals surface area contributed by atoms with Crippen molar-refractivity contribution < 1.29 is 18.0 Å². The second-order valence-corrected chi connectivity index (χ2v) is 7.50. The molecule has 1 aromatic carbocycles. The van der Waals surface area contributed by atoms with Gasteiger partial charge in [-0.25, -0.2) is 0 Å². The van der Waals surface area contributed by atoms with Gasteiger partial charge in [0.25, 0.3) is 0 Å². The van der Waals surface area contributed by atoms with Gasteiger partial charge < -0.3 is 10.6 Å². The molecular weight excluding hydrogens is 349 g/mol. The number of anilines is 1. The first kappa shape index (κ1) is 19.4. The SMILES string of the molecule is CC(C)=CC1C(C(=O)NC(=S)Nc2ccc(C(F)(F)F)cc2)C1(C)C. The van der Waals surface area contributed by atoms with Crippen LogP contribution in [0.4, 0.5) is 18.9 Å². The van der Waals surface area contributed by atoms with Crippen LogP contribution in [0.5, 0.6) is 0 Å². The molecule has 1 aromatic rings. The lowest BCUT2D eigenvalue weighted by atomic mass is 10.1. The molecule has 0 aliphatic heterocycles. The number of rotatable bonds is 3. The number of alkyl halides is 3. The summed E-state index contributed by atoms with van der Waals surface area (Å²) in [4.78, 5) is 12.4. The number of carbonyl (C=O) groups excluding carboxylic acids is 1. The van der Waals surface area contributed by atoms with Crippen LogP contribution in [0.25, 0.3) is 0 Å². The monoisotopic (exact) mass is 370 g/mol. The normalized spacial score (nSPS) is 21.2. The molecule has 1 amide bonds. The fraction of sp³-hybridized carbons (Fsp3) is 0.444. The molecule has 0 heterocycles. The Kier molecular flexibility index (Phi) is 5.27. The molecular formula is C18H21F3N2OS. The molecule has 0 spiro atoms. The van der Waals surface area contributed by atoms with E-state index in [1.54, 1.807) is 0 Å². The van der Waals surface area contributed by atoms with Gasteiger partial charge in [0.2, 0.25) is 5.91 Å². The highest BCUT2D eigenvalue weighted by Crippen LogP contribution is 2.59. The summed E-state index contributed by atoms with van der Waals surface area (Å²) < 4.78 is 37.6. The Morgan fingerprint density at radius 2 is 1.76 bits per heavy atom. The van der Waals surface area contributed by atoms with E-state index in [9.17, 15) is 18.0 Å². The second kappa shape index (κ2) is 6.78. The standard InChI is InChI=1S/C18H21F3N2OS/c1-10(2)9-13-14(17(13,3)4)15(24)23-16(25)22-12-7-5-11(6-8-12)18(19,20)21/h5-9,13-14H,1-4H3,(H2,22,23,24,25). The molecule has 7 heteroatoms. The molecule has 2 rings (SSSR count). The average Bonchev–Trinajstić information content (AvgIpc) is 2.98. The van der Waals surface area contributed by atoms with Crippen molar-refractivity contribution in [3.8, 4) is 0 Å². The van der Waals surface area contributed by atoms with Crippen LogP contribution in [0.2, 0.25) is 0 Å². The van der Waals surface area contributed by atoms with E-state index in [1.165, 1.54) is 12.1 Å². The Balaban J connectivity index is 1.95. The summed E-state index contributed by atoms with van der Waals surface area (Å²) in [5, 5.41) is 5.43. The highest BCUT2D eigenvalue weighted by Gasteiger charge is 2.60. The van der Waals surface area contributed by atoms with Gasteiger partial charge in [0.15, 0.2) is 5.11 Å². The predicted molar refractivity (Wildman–Crippen MR) is 96.0 cm³/mol. The zero-order valence-electron chi connectivity index (χ0n) is 14.5. The Morgan fingerprint density at radius 3 is 2.24 bits per heavy atom. The quantitative estimate of drug-likeness (QED) is 0.596. The van der Waals surface area contributed by atoms with Gasteiger partial charge in [-0.2, -0.15) is 13.2 Å². The van der Waals surface area contributed by atoms with Crippen molar-refractivity contribution >= 4 is 28.9 Å². The molecule has 1 fully saturated rings. The molecule has 2 unspecified atom stereocenters. The molecule has 0 saturated heterocycles. The van der Waals surface area contributed by atoms with Crippen molar-refractivity contribution in [3.63, 3.8) is 0 Å². The lowest BCUT2D eigenvalue weighted by Crippen LogP contribution is -2.36. The molecule has 2 N–H and O–H groups in total. The molecule has 1 aliphatic rings. The van der Waals surface area contributed by atoms with Gasteiger partial charge in [-0.1, -0.05) is 25.5 Å². The topological polar surface area (TPSA) is 41.1 Å². The number of allylic oxidation sites excluding steroid dienone is 2. The van der Waals surface area contributed by atoms with E-state index < -0.39 is 11.7 Å². The first-order valence-electron chi connectivity index (χ1n) is 7.87. The number of nitrogens with one attached hydrogen (secondary N) is 2. The fourth-order valence-corrected chi connectivity index (χ4v) is 3.16. The van der Waals surface area contributed by atoms with Crippen LogP contribution >= 0.6 is 12.2 Å². The number of halogens is 3. The van der Waals surface area contributed by atoms with Gasteiger partial charge in [-0.05, 0) is 61.7 Å². The van der Waals surface area contributed by atoms with E-state index in [0.29, 0.717) is 5.69 Å². The van der Waals surface area contributed by atoms with Gasteiger partial charge in [-0.15, -0.1) is 0 Å². The van der Waals surface area contributed by atoms with Crippen molar-refractivity contribution in [3.05, 3.63) is 41.5 Å². The van der Waals surface area contributed by atoms with Crippen LogP contribution in [0.3, 0.4) is 0 Å². The number of hydrogen-bond acceptors (Lipinski definition) is 2. The third kappa shape index (κ3) is 4.60. The number of hydrogen-bond donors (Lipinski definition) is 2. The van der Waals surface area contributed by atoms with Gasteiger partial charge in [-0.3, -0.25) is 4.79 Å². The van der Waals surface area contributed by atoms with Crippen molar-refractivity contribution in [2.45, 2.75) is 33.9 Å². The highest BCUT2D eigenvalue weighted by molar-refractivity contribution is 7.80. The smallest absolute Gasteiger partial charge is 0.332 e. The minimum absolute atomic E-state index is 0.0726. The molecule has 0 bridgehead atoms. The van der Waals surface area contributed by atoms with E-state index >= 15 is 0 Å². The third-order valence-electron chi connectivity index (χ3n) is 4.41. The molecule has 136 valence electrons. The van der Waals surface area contributed by atoms with Crippen molar-refractivity contribution in [2.24, 2.45) is 17.3 Å². The van der Waals surface area contributed by atoms with Crippen LogP contribution in [-0.4, -0.2) is 11.0 Å². The van der Waals surface area contributed by atoms with Gasteiger partial charge >= 0.3 is 6.18 Å². The van der Waals surface area contributed by atoms with E-state index in [2.05, 4.69) is 16.7 Å². The van der Waals surface area contributed by atoms with Crippen LogP contribution in [0, 0.1) is 17.3 Å². The zero-order chi connectivity index (χ0) is 19.0. The van der Waals surface area contributed by atoms with Crippen LogP contribution < -0.4 is 10.6 Å². The molecule has 0 radical (unpaired) electrons. The average molecular weight is 370 g/mol. The summed E-state index contributed by atoms with van der Waals surface area (Å²) in [6.07, 6.45) is -2.30. The van der Waals surface area contributed by atoms with Gasteiger partial charge in [0.05, 0.1) is 11.5 Å². The van der Waals surface area contributed by atoms with E-state index in [0.717, 1.165) is 17.7 Å². The first-order chi connectivity index (χ1) is 11.4. The Hall–Kier alpha value is -1.89. The fourth-order valence-electron chi connectivity index (χ4n) is 2.94. The first-order valence-corrected chi connectivity index (χ1v) is 8.28. The highest BCUT2D eigenvalue weighted by atomic mass is 32.1. The summed E-state index contributed by atoms with van der Waals surface area (Å²) in [6.45, 7) is 8.02. The largest absolute Gasteiger partial charge is 0.416 e. The minimum atomic E-state index is -4.38. The Morgan fingerprint density at radius 1 is 1.20 bits per heavy atom. The molecule has 1 aliphatic carbocycles. The Bertz CT molecular complexity index is 704. The lowest BCUT2D eigenvalue weighted by molar-refractivity contribution is -0.137. The van der Waals surface area contributed by atoms with Crippen LogP contribution in [0.15, 0.2) is 35.9 Å². The zero-order valence-corrected chi connectivity index (χ0v) is 15.3. The second-order valence-electron chi connectivity index (χ2n) is 7.09. The van der Waals surface area contributed by atoms with Crippen molar-refractivity contribution in [2.75, 3.05) is 5.32 Å². The van der Waals surface area contributed by atoms with E-state index in [1.807, 2.05) is 27.7 Å². The summed E-state index contributed by atoms with van der Waals surface area (Å²) in [5.41, 5.74) is 0.663.